The highest BCUT2D eigenvalue weighted by molar-refractivity contribution is 8.03. The number of allylic oxidation sites excluding steroid dienone is 1. The SMILES string of the molecule is COC(=O)/C=C/CCCCC1CC(Sc2ccccc2)=CC(=O)N1. The lowest BCUT2D eigenvalue weighted by Gasteiger charge is -2.23. The number of thioether (sulfide) groups is 1. The van der Waals surface area contributed by atoms with Crippen molar-refractivity contribution in [3.63, 3.8) is 0 Å². The van der Waals surface area contributed by atoms with E-state index in [1.54, 1.807) is 17.8 Å². The number of rotatable bonds is 8. The van der Waals surface area contributed by atoms with Gasteiger partial charge in [-0.15, -0.1) is 0 Å². The van der Waals surface area contributed by atoms with Gasteiger partial charge in [-0.3, -0.25) is 4.79 Å². The van der Waals surface area contributed by atoms with E-state index in [-0.39, 0.29) is 17.9 Å². The highest BCUT2D eigenvalue weighted by atomic mass is 32.2. The molecule has 1 aromatic rings. The number of esters is 1. The Morgan fingerprint density at radius 1 is 1.33 bits per heavy atom. The van der Waals surface area contributed by atoms with E-state index in [1.165, 1.54) is 13.2 Å². The fourth-order valence-corrected chi connectivity index (χ4v) is 3.57. The van der Waals surface area contributed by atoms with E-state index in [0.29, 0.717) is 0 Å². The molecule has 1 heterocycles. The summed E-state index contributed by atoms with van der Waals surface area (Å²) in [6, 6.07) is 10.3. The quantitative estimate of drug-likeness (QED) is 0.442. The van der Waals surface area contributed by atoms with Crippen LogP contribution in [-0.2, 0) is 14.3 Å². The van der Waals surface area contributed by atoms with Crippen molar-refractivity contribution in [1.82, 2.24) is 5.32 Å². The zero-order valence-electron chi connectivity index (χ0n) is 13.9. The third kappa shape index (κ3) is 6.62. The fourth-order valence-electron chi connectivity index (χ4n) is 2.53. The molecule has 1 aliphatic heterocycles. The molecule has 24 heavy (non-hydrogen) atoms. The first-order chi connectivity index (χ1) is 11.7. The predicted octanol–water partition coefficient (Wildman–Crippen LogP) is 3.84. The first kappa shape index (κ1) is 18.3. The van der Waals surface area contributed by atoms with Gasteiger partial charge in [0.05, 0.1) is 7.11 Å². The molecule has 0 spiro atoms. The molecule has 1 aromatic carbocycles. The van der Waals surface area contributed by atoms with Gasteiger partial charge in [0.1, 0.15) is 0 Å². The van der Waals surface area contributed by atoms with Gasteiger partial charge in [-0.1, -0.05) is 42.5 Å². The maximum absolute atomic E-state index is 11.9. The smallest absolute Gasteiger partial charge is 0.330 e. The van der Waals surface area contributed by atoms with Crippen LogP contribution in [0, 0.1) is 0 Å². The number of hydrogen-bond acceptors (Lipinski definition) is 4. The van der Waals surface area contributed by atoms with Crippen LogP contribution >= 0.6 is 11.8 Å². The minimum atomic E-state index is -0.317. The van der Waals surface area contributed by atoms with Crippen LogP contribution in [0.3, 0.4) is 0 Å². The molecule has 0 fully saturated rings. The van der Waals surface area contributed by atoms with Crippen molar-refractivity contribution in [3.8, 4) is 0 Å². The Labute approximate surface area is 147 Å². The number of ether oxygens (including phenoxy) is 1. The van der Waals surface area contributed by atoms with Gasteiger partial charge in [0.25, 0.3) is 0 Å². The van der Waals surface area contributed by atoms with Crippen LogP contribution in [0.25, 0.3) is 0 Å². The average molecular weight is 345 g/mol. The second-order valence-corrected chi connectivity index (χ2v) is 6.85. The molecule has 0 bridgehead atoms. The molecule has 1 aliphatic rings. The first-order valence-electron chi connectivity index (χ1n) is 8.16. The Bertz CT molecular complexity index is 610. The molecular formula is C19H23NO3S. The molecule has 0 aromatic heterocycles. The van der Waals surface area contributed by atoms with Gasteiger partial charge in [0.15, 0.2) is 0 Å². The Morgan fingerprint density at radius 2 is 2.12 bits per heavy atom. The summed E-state index contributed by atoms with van der Waals surface area (Å²) in [5, 5.41) is 3.03. The summed E-state index contributed by atoms with van der Waals surface area (Å²) >= 11 is 1.66. The standard InChI is InChI=1S/C19H23NO3S/c1-23-19(22)12-8-3-2-5-9-15-13-17(14-18(21)20-15)24-16-10-6-4-7-11-16/h4,6-8,10-12,14-15H,2-3,5,9,13H2,1H3,(H,20,21)/b12-8+. The predicted molar refractivity (Wildman–Crippen MR) is 96.6 cm³/mol. The number of nitrogens with one attached hydrogen (secondary N) is 1. The summed E-state index contributed by atoms with van der Waals surface area (Å²) in [5.74, 6) is -0.322. The highest BCUT2D eigenvalue weighted by Crippen LogP contribution is 2.32. The Hall–Kier alpha value is -2.01. The molecule has 1 amide bonds. The van der Waals surface area contributed by atoms with Crippen molar-refractivity contribution in [3.05, 3.63) is 53.5 Å². The van der Waals surface area contributed by atoms with Gasteiger partial charge in [-0.2, -0.15) is 0 Å². The van der Waals surface area contributed by atoms with Gasteiger partial charge >= 0.3 is 5.97 Å². The van der Waals surface area contributed by atoms with Crippen LogP contribution in [0.2, 0.25) is 0 Å². The van der Waals surface area contributed by atoms with Gasteiger partial charge in [-0.25, -0.2) is 4.79 Å². The van der Waals surface area contributed by atoms with Gasteiger partial charge < -0.3 is 10.1 Å². The lowest BCUT2D eigenvalue weighted by Crippen LogP contribution is -2.37. The molecule has 5 heteroatoms. The number of carbonyl (C=O) groups excluding carboxylic acids is 2. The van der Waals surface area contributed by atoms with E-state index in [9.17, 15) is 9.59 Å². The maximum atomic E-state index is 11.9. The van der Waals surface area contributed by atoms with Gasteiger partial charge in [0, 0.05) is 23.1 Å². The van der Waals surface area contributed by atoms with Crippen LogP contribution in [0.15, 0.2) is 58.4 Å². The van der Waals surface area contributed by atoms with E-state index >= 15 is 0 Å². The van der Waals surface area contributed by atoms with Crippen LogP contribution in [0.1, 0.15) is 32.1 Å². The number of unbranched alkanes of at least 4 members (excludes halogenated alkanes) is 2. The van der Waals surface area contributed by atoms with E-state index in [2.05, 4.69) is 22.2 Å². The Balaban J connectivity index is 1.73. The summed E-state index contributed by atoms with van der Waals surface area (Å²) in [6.45, 7) is 0. The molecule has 0 saturated carbocycles. The zero-order valence-corrected chi connectivity index (χ0v) is 14.7. The van der Waals surface area contributed by atoms with Gasteiger partial charge in [0.2, 0.25) is 5.91 Å². The zero-order chi connectivity index (χ0) is 17.2. The molecule has 1 N–H and O–H groups in total. The monoisotopic (exact) mass is 345 g/mol. The van der Waals surface area contributed by atoms with Crippen molar-refractivity contribution in [2.75, 3.05) is 7.11 Å². The summed E-state index contributed by atoms with van der Waals surface area (Å²) in [6.07, 6.45) is 9.67. The van der Waals surface area contributed by atoms with Crippen LogP contribution in [0.5, 0.6) is 0 Å². The highest BCUT2D eigenvalue weighted by Gasteiger charge is 2.19. The van der Waals surface area contributed by atoms with E-state index in [1.807, 2.05) is 24.3 Å². The normalized spacial score (nSPS) is 17.5. The summed E-state index contributed by atoms with van der Waals surface area (Å²) < 4.78 is 4.54. The first-order valence-corrected chi connectivity index (χ1v) is 8.97. The largest absolute Gasteiger partial charge is 0.466 e. The molecule has 0 saturated heterocycles. The third-order valence-corrected chi connectivity index (χ3v) is 4.76. The molecule has 4 nitrogen and oxygen atoms in total. The van der Waals surface area contributed by atoms with Crippen molar-refractivity contribution in [2.45, 2.75) is 43.0 Å². The van der Waals surface area contributed by atoms with Gasteiger partial charge in [-0.05, 0) is 42.7 Å². The Morgan fingerprint density at radius 3 is 2.88 bits per heavy atom. The van der Waals surface area contributed by atoms with E-state index in [0.717, 1.165) is 41.9 Å². The molecule has 2 rings (SSSR count). The minimum Gasteiger partial charge on any atom is -0.466 e. The molecule has 0 radical (unpaired) electrons. The summed E-state index contributed by atoms with van der Waals surface area (Å²) in [5.41, 5.74) is 0. The number of amides is 1. The van der Waals surface area contributed by atoms with Crippen molar-refractivity contribution < 1.29 is 14.3 Å². The minimum absolute atomic E-state index is 0.00438. The number of methoxy groups -OCH3 is 1. The Kier molecular flexibility index (Phi) is 7.62. The lowest BCUT2D eigenvalue weighted by molar-refractivity contribution is -0.134. The molecule has 1 atom stereocenters. The molecule has 128 valence electrons. The van der Waals surface area contributed by atoms with Crippen LogP contribution in [-0.4, -0.2) is 25.0 Å². The van der Waals surface area contributed by atoms with Crippen LogP contribution < -0.4 is 5.32 Å². The number of hydrogen-bond donors (Lipinski definition) is 1. The van der Waals surface area contributed by atoms with Crippen LogP contribution in [0.4, 0.5) is 0 Å². The second-order valence-electron chi connectivity index (χ2n) is 5.65. The average Bonchev–Trinajstić information content (AvgIpc) is 2.58. The summed E-state index contributed by atoms with van der Waals surface area (Å²) in [7, 11) is 1.37. The molecule has 1 unspecified atom stereocenters. The van der Waals surface area contributed by atoms with E-state index < -0.39 is 0 Å². The molecular weight excluding hydrogens is 322 g/mol. The lowest BCUT2D eigenvalue weighted by atomic mass is 10.0. The number of benzene rings is 1. The van der Waals surface area contributed by atoms with E-state index in [4.69, 9.17) is 0 Å². The van der Waals surface area contributed by atoms with Crippen molar-refractivity contribution >= 4 is 23.6 Å². The molecule has 0 aliphatic carbocycles. The second kappa shape index (κ2) is 9.98. The maximum Gasteiger partial charge on any atom is 0.330 e. The summed E-state index contributed by atoms with van der Waals surface area (Å²) in [4.78, 5) is 25.1. The van der Waals surface area contributed by atoms with Crippen molar-refractivity contribution in [1.29, 1.82) is 0 Å². The topological polar surface area (TPSA) is 55.4 Å². The van der Waals surface area contributed by atoms with Crippen molar-refractivity contribution in [2.24, 2.45) is 0 Å². The fraction of sp³-hybridized carbons (Fsp3) is 0.368. The number of carbonyl (C=O) groups is 2. The third-order valence-electron chi connectivity index (χ3n) is 3.71.